The largest absolute Gasteiger partial charge is 0.373 e. The quantitative estimate of drug-likeness (QED) is 0.901. The van der Waals surface area contributed by atoms with Crippen molar-refractivity contribution < 1.29 is 4.74 Å². The Morgan fingerprint density at radius 2 is 2.37 bits per heavy atom. The van der Waals surface area contributed by atoms with Crippen LogP contribution in [0.5, 0.6) is 0 Å². The number of halogens is 1. The molecule has 2 unspecified atom stereocenters. The molecule has 1 fully saturated rings. The second-order valence-corrected chi connectivity index (χ2v) is 6.36. The Morgan fingerprint density at radius 3 is 2.89 bits per heavy atom. The Labute approximate surface area is 124 Å². The molecule has 2 heterocycles. The minimum absolute atomic E-state index is 0.149. The minimum atomic E-state index is -0.149. The maximum atomic E-state index is 6.13. The van der Waals surface area contributed by atoms with Crippen molar-refractivity contribution in [3.8, 4) is 0 Å². The van der Waals surface area contributed by atoms with Crippen molar-refractivity contribution in [2.75, 3.05) is 13.2 Å². The van der Waals surface area contributed by atoms with Crippen LogP contribution in [0.3, 0.4) is 0 Å². The molecule has 0 aromatic carbocycles. The van der Waals surface area contributed by atoms with E-state index in [0.29, 0.717) is 0 Å². The standard InChI is InChI=1S/C14H24BrN3O/c1-4-8-16-13(12-11(15)10-17-18(12)3)14(2)7-5-6-9-19-14/h10,13,16H,4-9H2,1-3H3. The Morgan fingerprint density at radius 1 is 1.58 bits per heavy atom. The summed E-state index contributed by atoms with van der Waals surface area (Å²) in [6, 6.07) is 0.176. The summed E-state index contributed by atoms with van der Waals surface area (Å²) in [6.45, 7) is 6.25. The predicted octanol–water partition coefficient (Wildman–Crippen LogP) is 3.18. The molecule has 0 bridgehead atoms. The first-order valence-electron chi connectivity index (χ1n) is 7.13. The third-order valence-electron chi connectivity index (χ3n) is 3.92. The molecular weight excluding hydrogens is 306 g/mol. The highest BCUT2D eigenvalue weighted by atomic mass is 79.9. The summed E-state index contributed by atoms with van der Waals surface area (Å²) in [4.78, 5) is 0. The molecule has 0 aliphatic carbocycles. The average molecular weight is 330 g/mol. The predicted molar refractivity (Wildman–Crippen MR) is 80.2 cm³/mol. The summed E-state index contributed by atoms with van der Waals surface area (Å²) >= 11 is 3.62. The summed E-state index contributed by atoms with van der Waals surface area (Å²) in [5.74, 6) is 0. The maximum Gasteiger partial charge on any atom is 0.0864 e. The van der Waals surface area contributed by atoms with Gasteiger partial charge in [0.05, 0.1) is 28.0 Å². The third-order valence-corrected chi connectivity index (χ3v) is 4.53. The van der Waals surface area contributed by atoms with Crippen LogP contribution >= 0.6 is 15.9 Å². The lowest BCUT2D eigenvalue weighted by atomic mass is 9.86. The van der Waals surface area contributed by atoms with E-state index in [4.69, 9.17) is 4.74 Å². The van der Waals surface area contributed by atoms with Crippen molar-refractivity contribution in [2.24, 2.45) is 7.05 Å². The molecule has 1 aliphatic heterocycles. The van der Waals surface area contributed by atoms with E-state index in [1.807, 2.05) is 17.9 Å². The van der Waals surface area contributed by atoms with Gasteiger partial charge in [-0.2, -0.15) is 5.10 Å². The van der Waals surface area contributed by atoms with E-state index in [9.17, 15) is 0 Å². The summed E-state index contributed by atoms with van der Waals surface area (Å²) in [7, 11) is 1.99. The van der Waals surface area contributed by atoms with E-state index in [1.165, 1.54) is 18.5 Å². The van der Waals surface area contributed by atoms with Gasteiger partial charge in [-0.3, -0.25) is 4.68 Å². The van der Waals surface area contributed by atoms with Crippen molar-refractivity contribution >= 4 is 15.9 Å². The van der Waals surface area contributed by atoms with Crippen LogP contribution in [0.25, 0.3) is 0 Å². The van der Waals surface area contributed by atoms with Crippen LogP contribution in [0.4, 0.5) is 0 Å². The normalized spacial score (nSPS) is 25.5. The van der Waals surface area contributed by atoms with E-state index in [-0.39, 0.29) is 11.6 Å². The first-order chi connectivity index (χ1) is 9.08. The summed E-state index contributed by atoms with van der Waals surface area (Å²) < 4.78 is 9.13. The number of aryl methyl sites for hydroxylation is 1. The van der Waals surface area contributed by atoms with Crippen molar-refractivity contribution in [1.29, 1.82) is 0 Å². The minimum Gasteiger partial charge on any atom is -0.373 e. The van der Waals surface area contributed by atoms with Crippen molar-refractivity contribution in [3.05, 3.63) is 16.4 Å². The van der Waals surface area contributed by atoms with E-state index in [1.54, 1.807) is 0 Å². The molecule has 1 saturated heterocycles. The van der Waals surface area contributed by atoms with Gasteiger partial charge >= 0.3 is 0 Å². The maximum absolute atomic E-state index is 6.13. The van der Waals surface area contributed by atoms with Crippen LogP contribution in [-0.2, 0) is 11.8 Å². The van der Waals surface area contributed by atoms with Gasteiger partial charge in [-0.1, -0.05) is 6.92 Å². The zero-order chi connectivity index (χ0) is 13.9. The SMILES string of the molecule is CCCNC(c1c(Br)cnn1C)C1(C)CCCCO1. The summed E-state index contributed by atoms with van der Waals surface area (Å²) in [6.07, 6.45) is 6.47. The Kier molecular flexibility index (Phi) is 5.03. The smallest absolute Gasteiger partial charge is 0.0864 e. The fourth-order valence-corrected chi connectivity index (χ4v) is 3.40. The monoisotopic (exact) mass is 329 g/mol. The fraction of sp³-hybridized carbons (Fsp3) is 0.786. The second kappa shape index (κ2) is 6.37. The van der Waals surface area contributed by atoms with Crippen molar-refractivity contribution in [1.82, 2.24) is 15.1 Å². The van der Waals surface area contributed by atoms with Crippen LogP contribution in [0.15, 0.2) is 10.7 Å². The summed E-state index contributed by atoms with van der Waals surface area (Å²) in [5.41, 5.74) is 1.03. The van der Waals surface area contributed by atoms with Crippen LogP contribution < -0.4 is 5.32 Å². The van der Waals surface area contributed by atoms with Crippen molar-refractivity contribution in [3.63, 3.8) is 0 Å². The number of rotatable bonds is 5. The van der Waals surface area contributed by atoms with Gasteiger partial charge < -0.3 is 10.1 Å². The number of hydrogen-bond acceptors (Lipinski definition) is 3. The van der Waals surface area contributed by atoms with Gasteiger partial charge in [0.2, 0.25) is 0 Å². The van der Waals surface area contributed by atoms with Gasteiger partial charge in [0.15, 0.2) is 0 Å². The van der Waals surface area contributed by atoms with E-state index >= 15 is 0 Å². The second-order valence-electron chi connectivity index (χ2n) is 5.51. The third kappa shape index (κ3) is 3.20. The van der Waals surface area contributed by atoms with Gasteiger partial charge in [0.25, 0.3) is 0 Å². The molecule has 5 heteroatoms. The summed E-state index contributed by atoms with van der Waals surface area (Å²) in [5, 5.41) is 7.99. The molecule has 0 saturated carbocycles. The molecule has 108 valence electrons. The van der Waals surface area contributed by atoms with Gasteiger partial charge in [-0.05, 0) is 55.1 Å². The van der Waals surface area contributed by atoms with Crippen LogP contribution in [0.1, 0.15) is 51.3 Å². The number of hydrogen-bond donors (Lipinski definition) is 1. The fourth-order valence-electron chi connectivity index (χ4n) is 2.82. The van der Waals surface area contributed by atoms with Crippen molar-refractivity contribution in [2.45, 2.75) is 51.2 Å². The molecule has 1 N–H and O–H groups in total. The van der Waals surface area contributed by atoms with Gasteiger partial charge in [0.1, 0.15) is 0 Å². The van der Waals surface area contributed by atoms with Gasteiger partial charge in [-0.25, -0.2) is 0 Å². The van der Waals surface area contributed by atoms with Crippen LogP contribution in [0, 0.1) is 0 Å². The van der Waals surface area contributed by atoms with Crippen LogP contribution in [-0.4, -0.2) is 28.5 Å². The Hall–Kier alpha value is -0.390. The molecule has 0 radical (unpaired) electrons. The molecule has 0 spiro atoms. The average Bonchev–Trinajstić information content (AvgIpc) is 2.72. The number of aromatic nitrogens is 2. The number of nitrogens with zero attached hydrogens (tertiary/aromatic N) is 2. The number of ether oxygens (including phenoxy) is 1. The zero-order valence-corrected chi connectivity index (χ0v) is 13.7. The highest BCUT2D eigenvalue weighted by molar-refractivity contribution is 9.10. The zero-order valence-electron chi connectivity index (χ0n) is 12.1. The molecule has 4 nitrogen and oxygen atoms in total. The van der Waals surface area contributed by atoms with Crippen LogP contribution in [0.2, 0.25) is 0 Å². The first-order valence-corrected chi connectivity index (χ1v) is 7.92. The van der Waals surface area contributed by atoms with E-state index < -0.39 is 0 Å². The molecule has 1 aromatic heterocycles. The number of nitrogens with one attached hydrogen (secondary N) is 1. The molecular formula is C14H24BrN3O. The van der Waals surface area contributed by atoms with Gasteiger partial charge in [0, 0.05) is 13.7 Å². The highest BCUT2D eigenvalue weighted by Gasteiger charge is 2.39. The molecule has 1 aromatic rings. The molecule has 2 atom stereocenters. The Bertz CT molecular complexity index is 393. The molecule has 2 rings (SSSR count). The topological polar surface area (TPSA) is 39.1 Å². The lowest BCUT2D eigenvalue weighted by Crippen LogP contribution is -2.47. The highest BCUT2D eigenvalue weighted by Crippen LogP contribution is 2.38. The van der Waals surface area contributed by atoms with E-state index in [0.717, 1.165) is 30.5 Å². The first kappa shape index (κ1) is 15.0. The molecule has 19 heavy (non-hydrogen) atoms. The lowest BCUT2D eigenvalue weighted by molar-refractivity contribution is -0.0913. The Balaban J connectivity index is 2.29. The lowest BCUT2D eigenvalue weighted by Gasteiger charge is -2.41. The van der Waals surface area contributed by atoms with Gasteiger partial charge in [-0.15, -0.1) is 0 Å². The van der Waals surface area contributed by atoms with E-state index in [2.05, 4.69) is 40.2 Å². The molecule has 1 aliphatic rings. The molecule has 0 amide bonds.